The number of nitrogens with zero attached hydrogens (tertiary/aromatic N) is 12. The highest BCUT2D eigenvalue weighted by atomic mass is 35.5. The van der Waals surface area contributed by atoms with E-state index in [-0.39, 0.29) is 58.3 Å². The lowest BCUT2D eigenvalue weighted by Gasteiger charge is -2.11. The van der Waals surface area contributed by atoms with Gasteiger partial charge in [-0.3, -0.25) is 13.4 Å². The maximum Gasteiger partial charge on any atom is 0.416 e. The van der Waals surface area contributed by atoms with Gasteiger partial charge in [0.15, 0.2) is 11.6 Å². The second-order valence-electron chi connectivity index (χ2n) is 18.5. The summed E-state index contributed by atoms with van der Waals surface area (Å²) < 4.78 is 138. The van der Waals surface area contributed by atoms with Gasteiger partial charge in [0.2, 0.25) is 17.8 Å². The molecule has 0 saturated heterocycles. The van der Waals surface area contributed by atoms with Crippen molar-refractivity contribution >= 4 is 80.5 Å². The van der Waals surface area contributed by atoms with Crippen molar-refractivity contribution in [1.82, 2.24) is 58.2 Å². The molecule has 9 N–H and O–H groups in total. The second kappa shape index (κ2) is 25.1. The highest BCUT2D eigenvalue weighted by Crippen LogP contribution is 2.34. The number of aromatic nitrogens is 12. The third-order valence-corrected chi connectivity index (χ3v) is 12.7. The summed E-state index contributed by atoms with van der Waals surface area (Å²) in [6, 6.07) is 32.4. The fourth-order valence-electron chi connectivity index (χ4n) is 8.82. The molecule has 20 nitrogen and oxygen atoms in total. The Balaban J connectivity index is 0.000000146. The minimum atomic E-state index is -4.45. The van der Waals surface area contributed by atoms with Crippen molar-refractivity contribution in [3.63, 3.8) is 0 Å². The number of rotatable bonds is 13. The van der Waals surface area contributed by atoms with Crippen LogP contribution in [0.1, 0.15) is 28.3 Å². The lowest BCUT2D eigenvalue weighted by atomic mass is 10.2. The molecule has 0 unspecified atom stereocenters. The van der Waals surface area contributed by atoms with Crippen LogP contribution in [-0.2, 0) is 25.6 Å². The van der Waals surface area contributed by atoms with Crippen LogP contribution < -0.4 is 32.2 Å². The smallest absolute Gasteiger partial charge is 0.416 e. The Hall–Kier alpha value is -10.7. The molecule has 4 aromatic carbocycles. The van der Waals surface area contributed by atoms with Crippen molar-refractivity contribution in [3.05, 3.63) is 197 Å². The Morgan fingerprint density at radius 3 is 1.65 bits per heavy atom. The zero-order chi connectivity index (χ0) is 62.6. The summed E-state index contributed by atoms with van der Waals surface area (Å²) in [5, 5.41) is 28.0. The van der Waals surface area contributed by atoms with Crippen LogP contribution >= 0.6 is 11.6 Å². The molecule has 12 rings (SSSR count). The van der Waals surface area contributed by atoms with E-state index in [1.807, 2.05) is 47.9 Å². The van der Waals surface area contributed by atoms with Crippen LogP contribution in [0.25, 0.3) is 50.9 Å². The molecular weight excluding hydrogens is 1200 g/mol. The number of fused-ring (bicyclic) bond motifs is 3. The number of aliphatic hydroxyl groups excluding tert-OH is 2. The van der Waals surface area contributed by atoms with Gasteiger partial charge in [0.1, 0.15) is 45.5 Å². The van der Waals surface area contributed by atoms with E-state index < -0.39 is 54.1 Å². The molecule has 0 amide bonds. The van der Waals surface area contributed by atoms with Crippen molar-refractivity contribution in [3.8, 4) is 34.3 Å². The topological polar surface area (TPSA) is 268 Å². The number of pyridine rings is 2. The standard InChI is InChI=1S/C19H13ClF3N5O.C19H14F4N6O.C19H15F3N6O/c1-10-24-13-4-2-3-5-14(13)28(10)17-9-16(20)26-19(27-17)25-11-6-7-15(12(21)8-11)29-18(22)23;20-11-3-6-16-26-14(9-30)17(29(16)8-11)13-7-15(24)28-18(27-13)25-12-4-1-10(2-5-12)19(21,22)23;20-19(21,22)11-4-6-12(7-5-11)24-18-26-13(9-15(23)27-18)17-14(10-29)25-16-3-1-2-8-28(16)17/h2-9,18H,1H3,(H,25,26,27);1-8,30H,9H2,(H3,24,25,27,28);1-9,29H,10H2,(H3,23,24,26,27). The lowest BCUT2D eigenvalue weighted by molar-refractivity contribution is -0.138. The summed E-state index contributed by atoms with van der Waals surface area (Å²) in [5.41, 5.74) is 16.0. The van der Waals surface area contributed by atoms with Crippen molar-refractivity contribution < 1.29 is 58.9 Å². The van der Waals surface area contributed by atoms with Gasteiger partial charge in [-0.2, -0.15) is 50.1 Å². The minimum absolute atomic E-state index is 0.0139. The maximum absolute atomic E-state index is 13.9. The third-order valence-electron chi connectivity index (χ3n) is 12.5. The summed E-state index contributed by atoms with van der Waals surface area (Å²) in [7, 11) is 0. The van der Waals surface area contributed by atoms with Gasteiger partial charge in [-0.15, -0.1) is 0 Å². The number of aryl methyl sites for hydroxylation is 1. The first-order valence-electron chi connectivity index (χ1n) is 25.5. The first kappa shape index (κ1) is 60.4. The molecule has 0 spiro atoms. The molecule has 12 aromatic rings. The predicted molar refractivity (Wildman–Crippen MR) is 305 cm³/mol. The van der Waals surface area contributed by atoms with Crippen LogP contribution in [0.2, 0.25) is 5.15 Å². The molecule has 0 saturated carbocycles. The SMILES string of the molecule is Cc1nc2ccccc2n1-c1cc(Cl)nc(Nc2ccc(OC(F)F)c(F)c2)n1.Nc1cc(-c2c(CO)nc3ccc(F)cn23)nc(Nc2ccc(C(F)(F)F)cc2)n1.Nc1cc(-c2c(CO)nc3ccccn23)nc(Nc2ccc(C(F)(F)F)cc2)n1. The molecule has 0 atom stereocenters. The number of hydrogen-bond donors (Lipinski definition) is 7. The van der Waals surface area contributed by atoms with E-state index in [1.165, 1.54) is 65.2 Å². The number of para-hydroxylation sites is 2. The van der Waals surface area contributed by atoms with E-state index in [0.29, 0.717) is 57.1 Å². The molecule has 88 heavy (non-hydrogen) atoms. The summed E-state index contributed by atoms with van der Waals surface area (Å²) in [6.07, 6.45) is -5.89. The number of ether oxygens (including phenoxy) is 1. The number of benzene rings is 4. The maximum atomic E-state index is 13.9. The number of halogens is 11. The van der Waals surface area contributed by atoms with Crippen LogP contribution in [0.3, 0.4) is 0 Å². The Morgan fingerprint density at radius 2 is 1.09 bits per heavy atom. The molecule has 0 aliphatic rings. The highest BCUT2D eigenvalue weighted by Gasteiger charge is 2.31. The average molecular weight is 1240 g/mol. The lowest BCUT2D eigenvalue weighted by Crippen LogP contribution is -2.06. The number of imidazole rings is 3. The minimum Gasteiger partial charge on any atom is -0.432 e. The number of alkyl halides is 8. The molecule has 31 heteroatoms. The van der Waals surface area contributed by atoms with Crippen LogP contribution in [-0.4, -0.2) is 75.0 Å². The summed E-state index contributed by atoms with van der Waals surface area (Å²) in [5.74, 6) is -0.420. The Kier molecular flexibility index (Phi) is 17.2. The van der Waals surface area contributed by atoms with Gasteiger partial charge in [-0.25, -0.2) is 38.7 Å². The monoisotopic (exact) mass is 1240 g/mol. The zero-order valence-corrected chi connectivity index (χ0v) is 45.7. The molecular formula is C57H42ClF10N17O3. The molecule has 0 bridgehead atoms. The molecule has 8 heterocycles. The average Bonchev–Trinajstić information content (AvgIpc) is 2.39. The van der Waals surface area contributed by atoms with Crippen LogP contribution in [0, 0.1) is 18.6 Å². The number of nitrogens with two attached hydrogens (primary N) is 2. The third kappa shape index (κ3) is 13.8. The summed E-state index contributed by atoms with van der Waals surface area (Å²) >= 11 is 6.15. The number of anilines is 8. The molecule has 8 aromatic heterocycles. The molecule has 0 radical (unpaired) electrons. The van der Waals surface area contributed by atoms with E-state index in [4.69, 9.17) is 23.1 Å². The van der Waals surface area contributed by atoms with E-state index in [2.05, 4.69) is 65.5 Å². The van der Waals surface area contributed by atoms with Gasteiger partial charge in [-0.05, 0) is 104 Å². The van der Waals surface area contributed by atoms with Crippen LogP contribution in [0.4, 0.5) is 90.4 Å². The van der Waals surface area contributed by atoms with Crippen LogP contribution in [0.5, 0.6) is 5.75 Å². The van der Waals surface area contributed by atoms with Gasteiger partial charge in [0.25, 0.3) is 0 Å². The highest BCUT2D eigenvalue weighted by molar-refractivity contribution is 6.29. The number of hydrogen-bond acceptors (Lipinski definition) is 17. The Bertz CT molecular complexity index is 4490. The quantitative estimate of drug-likeness (QED) is 0.0418. The van der Waals surface area contributed by atoms with Gasteiger partial charge in [-0.1, -0.05) is 29.8 Å². The van der Waals surface area contributed by atoms with E-state index in [0.717, 1.165) is 47.4 Å². The molecule has 0 aliphatic heterocycles. The van der Waals surface area contributed by atoms with Gasteiger partial charge >= 0.3 is 19.0 Å². The van der Waals surface area contributed by atoms with Gasteiger partial charge < -0.3 is 42.4 Å². The summed E-state index contributed by atoms with van der Waals surface area (Å²) in [6.45, 7) is -2.01. The molecule has 0 aliphatic carbocycles. The van der Waals surface area contributed by atoms with E-state index in [1.54, 1.807) is 22.7 Å². The Labute approximate surface area is 493 Å². The zero-order valence-electron chi connectivity index (χ0n) is 44.9. The van der Waals surface area contributed by atoms with Gasteiger partial charge in [0.05, 0.1) is 69.5 Å². The van der Waals surface area contributed by atoms with Crippen LogP contribution in [0.15, 0.2) is 152 Å². The molecule has 0 fully saturated rings. The number of aliphatic hydroxyl groups is 2. The molecule has 450 valence electrons. The fraction of sp³-hybridized carbons (Fsp3) is 0.105. The van der Waals surface area contributed by atoms with Gasteiger partial charge in [0, 0.05) is 53.7 Å². The number of nitrogens with one attached hydrogen (secondary N) is 3. The van der Waals surface area contributed by atoms with E-state index >= 15 is 0 Å². The largest absolute Gasteiger partial charge is 0.432 e. The Morgan fingerprint density at radius 1 is 0.568 bits per heavy atom. The first-order chi connectivity index (χ1) is 42.0. The van der Waals surface area contributed by atoms with Crippen molar-refractivity contribution in [2.75, 3.05) is 27.4 Å². The van der Waals surface area contributed by atoms with Crippen molar-refractivity contribution in [2.24, 2.45) is 0 Å². The van der Waals surface area contributed by atoms with E-state index in [9.17, 15) is 54.1 Å². The fourth-order valence-corrected chi connectivity index (χ4v) is 8.99. The van der Waals surface area contributed by atoms with Crippen molar-refractivity contribution in [1.29, 1.82) is 0 Å². The van der Waals surface area contributed by atoms with Crippen molar-refractivity contribution in [2.45, 2.75) is 39.1 Å². The predicted octanol–water partition coefficient (Wildman–Crippen LogP) is 12.7. The number of nitrogen functional groups attached to an aromatic ring is 2. The first-order valence-corrected chi connectivity index (χ1v) is 25.9. The second-order valence-corrected chi connectivity index (χ2v) is 18.9. The summed E-state index contributed by atoms with van der Waals surface area (Å²) in [4.78, 5) is 38.4. The normalized spacial score (nSPS) is 11.6.